The summed E-state index contributed by atoms with van der Waals surface area (Å²) in [6.07, 6.45) is 3.00. The first kappa shape index (κ1) is 19.5. The molecule has 2 aromatic heterocycles. The fourth-order valence-electron chi connectivity index (χ4n) is 4.22. The molecule has 3 heterocycles. The average Bonchev–Trinajstić information content (AvgIpc) is 3.55. The van der Waals surface area contributed by atoms with Gasteiger partial charge in [-0.3, -0.25) is 4.98 Å². The Hall–Kier alpha value is -3.43. The maximum absolute atomic E-state index is 15.6. The molecular formula is C21H18F3N5O2. The molecule has 10 heteroatoms. The highest BCUT2D eigenvalue weighted by atomic mass is 19.1. The van der Waals surface area contributed by atoms with Gasteiger partial charge in [-0.2, -0.15) is 0 Å². The maximum Gasteiger partial charge on any atom is 0.283 e. The van der Waals surface area contributed by atoms with Crippen LogP contribution < -0.4 is 10.5 Å². The van der Waals surface area contributed by atoms with Gasteiger partial charge in [-0.15, -0.1) is 0 Å². The third-order valence-corrected chi connectivity index (χ3v) is 5.82. The smallest absolute Gasteiger partial charge is 0.283 e. The van der Waals surface area contributed by atoms with Crippen molar-refractivity contribution in [3.05, 3.63) is 59.0 Å². The van der Waals surface area contributed by atoms with E-state index in [1.165, 1.54) is 25.6 Å². The first-order valence-corrected chi connectivity index (χ1v) is 9.66. The number of pyridine rings is 1. The van der Waals surface area contributed by atoms with E-state index in [1.807, 2.05) is 0 Å². The van der Waals surface area contributed by atoms with Gasteiger partial charge in [0.25, 0.3) is 6.02 Å². The minimum absolute atomic E-state index is 0.00359. The highest BCUT2D eigenvalue weighted by Gasteiger charge is 2.61. The summed E-state index contributed by atoms with van der Waals surface area (Å²) in [7, 11) is 1.48. The molecule has 1 saturated carbocycles. The molecule has 160 valence electrons. The number of amidine groups is 1. The number of ether oxygens (including phenoxy) is 2. The predicted octanol–water partition coefficient (Wildman–Crippen LogP) is 2.80. The lowest BCUT2D eigenvalue weighted by Gasteiger charge is -2.32. The molecule has 0 amide bonds. The van der Waals surface area contributed by atoms with Gasteiger partial charge in [-0.1, -0.05) is 6.07 Å². The van der Waals surface area contributed by atoms with Crippen LogP contribution >= 0.6 is 0 Å². The molecule has 1 aromatic carbocycles. The standard InChI is InChI=1S/C21H18F3N5O2/c1-30-16-8-27-19-13(28-16)4-5-26-14(19)6-10-2-3-12(23)17(18(10)24)21(9-22)11-7-15(11)31-20(25)29-21/h2-5,8,11,15H,6-7,9H2,1H3,(H2,25,29)/t11-,15+,21-/m0/s1. The summed E-state index contributed by atoms with van der Waals surface area (Å²) in [5.74, 6) is -1.89. The van der Waals surface area contributed by atoms with Crippen molar-refractivity contribution in [2.24, 2.45) is 16.6 Å². The van der Waals surface area contributed by atoms with Crippen molar-refractivity contribution < 1.29 is 22.6 Å². The minimum Gasteiger partial charge on any atom is -0.480 e. The quantitative estimate of drug-likeness (QED) is 0.670. The zero-order chi connectivity index (χ0) is 21.8. The van der Waals surface area contributed by atoms with E-state index < -0.39 is 35.3 Å². The van der Waals surface area contributed by atoms with E-state index in [1.54, 1.807) is 6.07 Å². The van der Waals surface area contributed by atoms with E-state index in [-0.39, 0.29) is 24.1 Å². The highest BCUT2D eigenvalue weighted by molar-refractivity contribution is 5.77. The van der Waals surface area contributed by atoms with Gasteiger partial charge in [-0.25, -0.2) is 28.1 Å². The number of hydrogen-bond acceptors (Lipinski definition) is 7. The lowest BCUT2D eigenvalue weighted by molar-refractivity contribution is 0.164. The number of benzene rings is 1. The van der Waals surface area contributed by atoms with Crippen LogP contribution in [0, 0.1) is 17.6 Å². The van der Waals surface area contributed by atoms with Crippen molar-refractivity contribution >= 4 is 17.1 Å². The van der Waals surface area contributed by atoms with Crippen LogP contribution in [0.1, 0.15) is 23.2 Å². The molecule has 0 bridgehead atoms. The van der Waals surface area contributed by atoms with Crippen LogP contribution in [0.15, 0.2) is 35.6 Å². The van der Waals surface area contributed by atoms with E-state index in [0.717, 1.165) is 6.07 Å². The van der Waals surface area contributed by atoms with E-state index in [4.69, 9.17) is 15.2 Å². The van der Waals surface area contributed by atoms with Gasteiger partial charge in [0.15, 0.2) is 0 Å². The molecular weight excluding hydrogens is 411 g/mol. The number of rotatable bonds is 5. The Morgan fingerprint density at radius 2 is 2.10 bits per heavy atom. The van der Waals surface area contributed by atoms with Gasteiger partial charge in [-0.05, 0) is 24.1 Å². The fourth-order valence-corrected chi connectivity index (χ4v) is 4.22. The summed E-state index contributed by atoms with van der Waals surface area (Å²) in [6, 6.07) is 3.82. The topological polar surface area (TPSA) is 95.5 Å². The maximum atomic E-state index is 15.6. The van der Waals surface area contributed by atoms with Gasteiger partial charge in [0.1, 0.15) is 35.5 Å². The molecule has 2 aliphatic rings. The minimum atomic E-state index is -1.74. The Labute approximate surface area is 175 Å². The molecule has 0 saturated heterocycles. The normalized spacial score (nSPS) is 24.3. The second-order valence-corrected chi connectivity index (χ2v) is 7.62. The van der Waals surface area contributed by atoms with E-state index in [0.29, 0.717) is 29.0 Å². The van der Waals surface area contributed by atoms with Crippen LogP contribution in [0.5, 0.6) is 5.88 Å². The molecule has 0 spiro atoms. The number of aromatic nitrogens is 3. The van der Waals surface area contributed by atoms with Crippen molar-refractivity contribution in [2.75, 3.05) is 13.8 Å². The first-order valence-electron chi connectivity index (χ1n) is 9.66. The second-order valence-electron chi connectivity index (χ2n) is 7.62. The summed E-state index contributed by atoms with van der Waals surface area (Å²) in [6.45, 7) is -1.09. The number of nitrogens with two attached hydrogens (primary N) is 1. The molecule has 31 heavy (non-hydrogen) atoms. The lowest BCUT2D eigenvalue weighted by Crippen LogP contribution is -2.40. The van der Waals surface area contributed by atoms with Gasteiger partial charge in [0.05, 0.1) is 30.1 Å². The number of aliphatic imine (C=N–C) groups is 1. The Kier molecular flexibility index (Phi) is 4.45. The van der Waals surface area contributed by atoms with Crippen LogP contribution in [0.3, 0.4) is 0 Å². The lowest BCUT2D eigenvalue weighted by atomic mass is 9.83. The molecule has 3 atom stereocenters. The van der Waals surface area contributed by atoms with Crippen LogP contribution in [0.4, 0.5) is 13.2 Å². The zero-order valence-electron chi connectivity index (χ0n) is 16.5. The van der Waals surface area contributed by atoms with Crippen molar-refractivity contribution in [3.63, 3.8) is 0 Å². The van der Waals surface area contributed by atoms with Crippen molar-refractivity contribution in [2.45, 2.75) is 24.5 Å². The van der Waals surface area contributed by atoms with Crippen molar-refractivity contribution in [3.8, 4) is 5.88 Å². The fraction of sp³-hybridized carbons (Fsp3) is 0.333. The van der Waals surface area contributed by atoms with E-state index in [9.17, 15) is 8.78 Å². The summed E-state index contributed by atoms with van der Waals surface area (Å²) < 4.78 is 55.1. The Balaban J connectivity index is 1.60. The molecule has 1 fully saturated rings. The van der Waals surface area contributed by atoms with Gasteiger partial charge in [0, 0.05) is 18.5 Å². The van der Waals surface area contributed by atoms with Gasteiger partial charge in [0.2, 0.25) is 5.88 Å². The molecule has 0 unspecified atom stereocenters. The van der Waals surface area contributed by atoms with Crippen LogP contribution in [-0.4, -0.2) is 40.9 Å². The average molecular weight is 429 g/mol. The monoisotopic (exact) mass is 429 g/mol. The Bertz CT molecular complexity index is 1220. The number of halogens is 3. The molecule has 3 aromatic rings. The number of fused-ring (bicyclic) bond motifs is 2. The Morgan fingerprint density at radius 3 is 2.87 bits per heavy atom. The third kappa shape index (κ3) is 3.05. The third-order valence-electron chi connectivity index (χ3n) is 5.82. The molecule has 1 aliphatic heterocycles. The summed E-state index contributed by atoms with van der Waals surface area (Å²) in [5.41, 5.74) is 5.06. The van der Waals surface area contributed by atoms with Gasteiger partial charge >= 0.3 is 0 Å². The van der Waals surface area contributed by atoms with Crippen LogP contribution in [0.2, 0.25) is 0 Å². The van der Waals surface area contributed by atoms with E-state index >= 15 is 4.39 Å². The zero-order valence-corrected chi connectivity index (χ0v) is 16.5. The SMILES string of the molecule is COc1cnc2c(Cc3ccc(F)c([C@@]4(CF)N=C(N)O[C@@H]5C[C@@H]54)c3F)nccc2n1. The molecule has 5 rings (SSSR count). The Morgan fingerprint density at radius 1 is 1.26 bits per heavy atom. The number of methoxy groups -OCH3 is 1. The number of hydrogen-bond donors (Lipinski definition) is 1. The summed E-state index contributed by atoms with van der Waals surface area (Å²) in [5, 5.41) is 0. The second kappa shape index (κ2) is 7.07. The van der Waals surface area contributed by atoms with Crippen LogP contribution in [-0.2, 0) is 16.7 Å². The van der Waals surface area contributed by atoms with Crippen LogP contribution in [0.25, 0.3) is 11.0 Å². The van der Waals surface area contributed by atoms with Crippen molar-refractivity contribution in [1.29, 1.82) is 0 Å². The molecule has 0 radical (unpaired) electrons. The van der Waals surface area contributed by atoms with Crippen molar-refractivity contribution in [1.82, 2.24) is 15.0 Å². The predicted molar refractivity (Wildman–Crippen MR) is 105 cm³/mol. The summed E-state index contributed by atoms with van der Waals surface area (Å²) >= 11 is 0. The van der Waals surface area contributed by atoms with E-state index in [2.05, 4.69) is 19.9 Å². The van der Waals surface area contributed by atoms with Gasteiger partial charge < -0.3 is 15.2 Å². The molecule has 2 N–H and O–H groups in total. The molecule has 1 aliphatic carbocycles. The first-order chi connectivity index (χ1) is 15.0. The molecule has 7 nitrogen and oxygen atoms in total. The highest BCUT2D eigenvalue weighted by Crippen LogP contribution is 2.54. The number of nitrogens with zero attached hydrogens (tertiary/aromatic N) is 4. The largest absolute Gasteiger partial charge is 0.480 e. The summed E-state index contributed by atoms with van der Waals surface area (Å²) in [4.78, 5) is 16.9. The number of alkyl halides is 1.